The highest BCUT2D eigenvalue weighted by Crippen LogP contribution is 2.09. The Morgan fingerprint density at radius 2 is 2.00 bits per heavy atom. The lowest BCUT2D eigenvalue weighted by Crippen LogP contribution is -2.30. The molecule has 0 aromatic carbocycles. The molecule has 0 N–H and O–H groups in total. The van der Waals surface area contributed by atoms with Crippen LogP contribution in [-0.4, -0.2) is 37.7 Å². The maximum atomic E-state index is 5.32. The summed E-state index contributed by atoms with van der Waals surface area (Å²) >= 11 is 0. The minimum absolute atomic E-state index is 0.452. The second kappa shape index (κ2) is 4.73. The van der Waals surface area contributed by atoms with Gasteiger partial charge in [-0.15, -0.1) is 0 Å². The van der Waals surface area contributed by atoms with E-state index in [0.717, 1.165) is 13.0 Å². The van der Waals surface area contributed by atoms with E-state index in [-0.39, 0.29) is 0 Å². The highest BCUT2D eigenvalue weighted by atomic mass is 16.5. The van der Waals surface area contributed by atoms with Crippen LogP contribution in [0.5, 0.6) is 0 Å². The van der Waals surface area contributed by atoms with Crippen molar-refractivity contribution in [1.29, 1.82) is 0 Å². The molecular weight excluding hydrogens is 138 g/mol. The molecule has 0 aromatic heterocycles. The summed E-state index contributed by atoms with van der Waals surface area (Å²) in [5.41, 5.74) is 0. The lowest BCUT2D eigenvalue weighted by Gasteiger charge is -2.20. The van der Waals surface area contributed by atoms with Crippen LogP contribution in [0.3, 0.4) is 0 Å². The van der Waals surface area contributed by atoms with Gasteiger partial charge in [-0.3, -0.25) is 0 Å². The van der Waals surface area contributed by atoms with E-state index < -0.39 is 0 Å². The van der Waals surface area contributed by atoms with Crippen LogP contribution in [0.4, 0.5) is 0 Å². The number of likely N-dealkylation sites (tertiary alicyclic amines) is 1. The Bertz CT molecular complexity index is 95.7. The highest BCUT2D eigenvalue weighted by molar-refractivity contribution is 4.69. The van der Waals surface area contributed by atoms with Crippen LogP contribution in [-0.2, 0) is 4.74 Å². The molecule has 0 saturated carbocycles. The van der Waals surface area contributed by atoms with E-state index in [1.807, 2.05) is 7.11 Å². The first kappa shape index (κ1) is 9.01. The van der Waals surface area contributed by atoms with Crippen LogP contribution in [0.2, 0.25) is 0 Å². The zero-order chi connectivity index (χ0) is 8.10. The summed E-state index contributed by atoms with van der Waals surface area (Å²) in [5.74, 6) is 0. The van der Waals surface area contributed by atoms with E-state index in [4.69, 9.17) is 4.74 Å². The van der Waals surface area contributed by atoms with Gasteiger partial charge in [0.05, 0.1) is 6.10 Å². The molecule has 2 nitrogen and oxygen atoms in total. The van der Waals surface area contributed by atoms with Crippen LogP contribution in [0.25, 0.3) is 0 Å². The molecule has 2 heteroatoms. The fourth-order valence-electron chi connectivity index (χ4n) is 1.62. The summed E-state index contributed by atoms with van der Waals surface area (Å²) in [6.07, 6.45) is 4.33. The molecule has 0 spiro atoms. The Kier molecular flexibility index (Phi) is 3.87. The van der Waals surface area contributed by atoms with E-state index in [2.05, 4.69) is 11.8 Å². The summed E-state index contributed by atoms with van der Waals surface area (Å²) in [4.78, 5) is 2.50. The molecule has 1 fully saturated rings. The smallest absolute Gasteiger partial charge is 0.0695 e. The maximum Gasteiger partial charge on any atom is 0.0695 e. The Morgan fingerprint density at radius 1 is 1.36 bits per heavy atom. The number of nitrogens with zero attached hydrogens (tertiary/aromatic N) is 1. The molecule has 1 aliphatic rings. The summed E-state index contributed by atoms with van der Waals surface area (Å²) in [5, 5.41) is 0. The minimum Gasteiger partial charge on any atom is -0.380 e. The number of ether oxygens (including phenoxy) is 1. The number of hydrogen-bond donors (Lipinski definition) is 0. The third kappa shape index (κ3) is 2.80. The van der Waals surface area contributed by atoms with Crippen LogP contribution < -0.4 is 0 Å². The molecule has 0 aromatic rings. The van der Waals surface area contributed by atoms with Crippen LogP contribution in [0, 0.1) is 0 Å². The molecule has 1 atom stereocenters. The van der Waals surface area contributed by atoms with Crippen molar-refractivity contribution in [2.75, 3.05) is 26.7 Å². The van der Waals surface area contributed by atoms with Gasteiger partial charge in [0.1, 0.15) is 0 Å². The Morgan fingerprint density at radius 3 is 2.45 bits per heavy atom. The quantitative estimate of drug-likeness (QED) is 0.613. The molecule has 0 bridgehead atoms. The predicted molar refractivity (Wildman–Crippen MR) is 46.8 cm³/mol. The average molecular weight is 157 g/mol. The van der Waals surface area contributed by atoms with Crippen molar-refractivity contribution in [2.45, 2.75) is 32.3 Å². The minimum atomic E-state index is 0.452. The average Bonchev–Trinajstić information content (AvgIpc) is 2.52. The first-order valence-corrected chi connectivity index (χ1v) is 4.62. The predicted octanol–water partition coefficient (Wildman–Crippen LogP) is 1.51. The van der Waals surface area contributed by atoms with Crippen molar-refractivity contribution < 1.29 is 4.74 Å². The molecule has 0 aliphatic carbocycles. The van der Waals surface area contributed by atoms with Gasteiger partial charge in [0.15, 0.2) is 0 Å². The van der Waals surface area contributed by atoms with E-state index in [9.17, 15) is 0 Å². The largest absolute Gasteiger partial charge is 0.380 e. The van der Waals surface area contributed by atoms with Gasteiger partial charge in [-0.1, -0.05) is 6.92 Å². The fraction of sp³-hybridized carbons (Fsp3) is 1.00. The molecule has 11 heavy (non-hydrogen) atoms. The fourth-order valence-corrected chi connectivity index (χ4v) is 1.62. The van der Waals surface area contributed by atoms with Crippen molar-refractivity contribution in [1.82, 2.24) is 4.90 Å². The van der Waals surface area contributed by atoms with Crippen LogP contribution in [0.1, 0.15) is 26.2 Å². The number of methoxy groups -OCH3 is 1. The van der Waals surface area contributed by atoms with Crippen molar-refractivity contribution in [3.8, 4) is 0 Å². The number of rotatable bonds is 4. The van der Waals surface area contributed by atoms with Gasteiger partial charge < -0.3 is 9.64 Å². The van der Waals surface area contributed by atoms with E-state index in [1.165, 1.54) is 25.9 Å². The van der Waals surface area contributed by atoms with Crippen LogP contribution >= 0.6 is 0 Å². The third-order valence-corrected chi connectivity index (χ3v) is 2.45. The SMILES string of the molecule is CC[C@@H](CN1CCCC1)OC. The highest BCUT2D eigenvalue weighted by Gasteiger charge is 2.15. The summed E-state index contributed by atoms with van der Waals surface area (Å²) in [7, 11) is 1.81. The van der Waals surface area contributed by atoms with Crippen LogP contribution in [0.15, 0.2) is 0 Å². The molecule has 1 rings (SSSR count). The van der Waals surface area contributed by atoms with E-state index in [0.29, 0.717) is 6.10 Å². The maximum absolute atomic E-state index is 5.32. The Balaban J connectivity index is 2.16. The third-order valence-electron chi connectivity index (χ3n) is 2.45. The van der Waals surface area contributed by atoms with Crippen molar-refractivity contribution in [2.24, 2.45) is 0 Å². The first-order valence-electron chi connectivity index (χ1n) is 4.62. The molecule has 0 unspecified atom stereocenters. The van der Waals surface area contributed by atoms with Gasteiger partial charge in [0, 0.05) is 13.7 Å². The second-order valence-corrected chi connectivity index (χ2v) is 3.27. The lowest BCUT2D eigenvalue weighted by atomic mass is 10.2. The monoisotopic (exact) mass is 157 g/mol. The van der Waals surface area contributed by atoms with Gasteiger partial charge in [-0.05, 0) is 32.4 Å². The lowest BCUT2D eigenvalue weighted by molar-refractivity contribution is 0.0686. The Hall–Kier alpha value is -0.0800. The normalized spacial score (nSPS) is 22.4. The zero-order valence-corrected chi connectivity index (χ0v) is 7.68. The van der Waals surface area contributed by atoms with Gasteiger partial charge >= 0.3 is 0 Å². The molecule has 0 radical (unpaired) electrons. The zero-order valence-electron chi connectivity index (χ0n) is 7.68. The van der Waals surface area contributed by atoms with E-state index in [1.54, 1.807) is 0 Å². The second-order valence-electron chi connectivity index (χ2n) is 3.27. The molecule has 1 heterocycles. The molecular formula is C9H19NO. The summed E-state index contributed by atoms with van der Waals surface area (Å²) in [6, 6.07) is 0. The van der Waals surface area contributed by atoms with Gasteiger partial charge in [-0.25, -0.2) is 0 Å². The Labute approximate surface area is 69.5 Å². The molecule has 1 saturated heterocycles. The van der Waals surface area contributed by atoms with Crippen molar-refractivity contribution in [3.63, 3.8) is 0 Å². The van der Waals surface area contributed by atoms with E-state index >= 15 is 0 Å². The molecule has 66 valence electrons. The number of hydrogen-bond acceptors (Lipinski definition) is 2. The van der Waals surface area contributed by atoms with Crippen molar-refractivity contribution in [3.05, 3.63) is 0 Å². The molecule has 1 aliphatic heterocycles. The topological polar surface area (TPSA) is 12.5 Å². The van der Waals surface area contributed by atoms with Gasteiger partial charge in [-0.2, -0.15) is 0 Å². The van der Waals surface area contributed by atoms with Gasteiger partial charge in [0.25, 0.3) is 0 Å². The van der Waals surface area contributed by atoms with Crippen molar-refractivity contribution >= 4 is 0 Å². The molecule has 0 amide bonds. The standard InChI is InChI=1S/C9H19NO/c1-3-9(11-2)8-10-6-4-5-7-10/h9H,3-8H2,1-2H3/t9-/m0/s1. The first-order chi connectivity index (χ1) is 5.36. The van der Waals surface area contributed by atoms with Gasteiger partial charge in [0.2, 0.25) is 0 Å². The summed E-state index contributed by atoms with van der Waals surface area (Å²) < 4.78 is 5.32. The summed E-state index contributed by atoms with van der Waals surface area (Å²) in [6.45, 7) is 5.87.